The molecule has 0 fully saturated rings. The van der Waals surface area contributed by atoms with Crippen LogP contribution in [0.2, 0.25) is 0 Å². The maximum Gasteiger partial charge on any atom is 0.159 e. The van der Waals surface area contributed by atoms with Crippen molar-refractivity contribution in [2.45, 2.75) is 31.5 Å². The van der Waals surface area contributed by atoms with Gasteiger partial charge in [-0.1, -0.05) is 141 Å². The van der Waals surface area contributed by atoms with Gasteiger partial charge < -0.3 is 10.6 Å². The molecule has 0 spiro atoms. The van der Waals surface area contributed by atoms with Gasteiger partial charge in [-0.05, 0) is 80.1 Å². The molecule has 4 aliphatic rings. The zero-order chi connectivity index (χ0) is 36.0. The Morgan fingerprint density at radius 2 is 1.43 bits per heavy atom. The number of nitrogens with zero attached hydrogens (tertiary/aromatic N) is 2. The van der Waals surface area contributed by atoms with Crippen LogP contribution in [0, 0.1) is 0 Å². The van der Waals surface area contributed by atoms with Crippen LogP contribution in [0.25, 0.3) is 43.3 Å². The standard InChI is InChI=1S/C49H36N4S/c1-49(2)39-18-10-8-16-35(39)36-24-22-34(28-40(36)49)48-52-46(30-13-4-3-5-14-30)51-47(53-48)33-23-25-42-38(27-33)43-44(32-21-20-29-12-6-7-15-31(29)26-32)50-41-19-11-9-17-37(41)45(43)54-42/h3-28,41,46,50H,1-2H3,(H,51,52,53). The molecule has 2 atom stereocenters. The van der Waals surface area contributed by atoms with Gasteiger partial charge in [-0.25, -0.2) is 9.98 Å². The molecule has 6 aromatic carbocycles. The van der Waals surface area contributed by atoms with Crippen LogP contribution in [0.15, 0.2) is 168 Å². The lowest BCUT2D eigenvalue weighted by Gasteiger charge is -2.26. The molecule has 54 heavy (non-hydrogen) atoms. The molecule has 4 nitrogen and oxygen atoms in total. The van der Waals surface area contributed by atoms with Crippen molar-refractivity contribution in [2.75, 3.05) is 0 Å². The molecule has 2 unspecified atom stereocenters. The molecule has 5 heteroatoms. The highest BCUT2D eigenvalue weighted by Crippen LogP contribution is 2.48. The molecular weight excluding hydrogens is 677 g/mol. The van der Waals surface area contributed by atoms with E-state index >= 15 is 0 Å². The molecule has 3 heterocycles. The molecular formula is C49H36N4S. The minimum Gasteiger partial charge on any atom is -0.374 e. The quantitative estimate of drug-likeness (QED) is 0.191. The van der Waals surface area contributed by atoms with Crippen molar-refractivity contribution < 1.29 is 0 Å². The van der Waals surface area contributed by atoms with Crippen LogP contribution in [-0.4, -0.2) is 17.7 Å². The molecule has 2 aliphatic carbocycles. The number of allylic oxidation sites excluding steroid dienone is 2. The second kappa shape index (κ2) is 11.9. The van der Waals surface area contributed by atoms with E-state index in [0.29, 0.717) is 0 Å². The Morgan fingerprint density at radius 3 is 2.33 bits per heavy atom. The molecule has 0 amide bonds. The first-order chi connectivity index (χ1) is 26.5. The van der Waals surface area contributed by atoms with Crippen LogP contribution in [0.1, 0.15) is 53.4 Å². The third-order valence-corrected chi connectivity index (χ3v) is 12.8. The Labute approximate surface area is 318 Å². The summed E-state index contributed by atoms with van der Waals surface area (Å²) in [5.41, 5.74) is 12.0. The third-order valence-electron chi connectivity index (χ3n) is 11.5. The normalized spacial score (nSPS) is 19.0. The first-order valence-corrected chi connectivity index (χ1v) is 19.5. The van der Waals surface area contributed by atoms with E-state index in [2.05, 4.69) is 182 Å². The Kier molecular flexibility index (Phi) is 6.86. The average Bonchev–Trinajstić information content (AvgIpc) is 3.72. The van der Waals surface area contributed by atoms with Gasteiger partial charge in [0.1, 0.15) is 12.0 Å². The van der Waals surface area contributed by atoms with Crippen LogP contribution in [-0.2, 0) is 5.41 Å². The number of aliphatic imine (C=N–C) groups is 2. The summed E-state index contributed by atoms with van der Waals surface area (Å²) in [4.78, 5) is 10.6. The predicted octanol–water partition coefficient (Wildman–Crippen LogP) is 9.26. The highest BCUT2D eigenvalue weighted by atomic mass is 32.1. The molecule has 0 bridgehead atoms. The van der Waals surface area contributed by atoms with E-state index < -0.39 is 0 Å². The second-order valence-corrected chi connectivity index (χ2v) is 16.1. The molecule has 0 saturated heterocycles. The van der Waals surface area contributed by atoms with Crippen LogP contribution in [0.3, 0.4) is 0 Å². The Morgan fingerprint density at radius 1 is 0.648 bits per heavy atom. The van der Waals surface area contributed by atoms with Gasteiger partial charge in [0.15, 0.2) is 5.84 Å². The van der Waals surface area contributed by atoms with Crippen LogP contribution < -0.4 is 20.4 Å². The SMILES string of the molecule is CC1(C)c2ccccc2-c2ccc(C3=NC(c4ccc5sc6c(c5c4)=C(c4ccc5ccccc5c4)NC4C=CC=CC=64)=NC(c4ccccc4)N3)cc21. The molecule has 2 N–H and O–H groups in total. The van der Waals surface area contributed by atoms with Gasteiger partial charge in [0.2, 0.25) is 0 Å². The number of amidine groups is 2. The van der Waals surface area contributed by atoms with Crippen molar-refractivity contribution in [3.05, 3.63) is 201 Å². The van der Waals surface area contributed by atoms with Gasteiger partial charge in [-0.3, -0.25) is 0 Å². The van der Waals surface area contributed by atoms with Gasteiger partial charge in [0, 0.05) is 36.4 Å². The summed E-state index contributed by atoms with van der Waals surface area (Å²) in [5, 5.41) is 12.6. The van der Waals surface area contributed by atoms with Crippen molar-refractivity contribution in [1.82, 2.24) is 10.6 Å². The van der Waals surface area contributed by atoms with Crippen LogP contribution >= 0.6 is 11.3 Å². The fraction of sp³-hybridized carbons (Fsp3) is 0.102. The van der Waals surface area contributed by atoms with Crippen molar-refractivity contribution in [2.24, 2.45) is 9.98 Å². The number of rotatable bonds is 4. The Balaban J connectivity index is 1.10. The minimum absolute atomic E-state index is 0.108. The molecule has 258 valence electrons. The van der Waals surface area contributed by atoms with E-state index in [1.54, 1.807) is 0 Å². The molecule has 1 aromatic heterocycles. The summed E-state index contributed by atoms with van der Waals surface area (Å²) in [6, 6.07) is 48.4. The second-order valence-electron chi connectivity index (χ2n) is 15.1. The maximum absolute atomic E-state index is 5.31. The largest absolute Gasteiger partial charge is 0.374 e. The summed E-state index contributed by atoms with van der Waals surface area (Å²) >= 11 is 1.87. The Bertz CT molecular complexity index is 2980. The fourth-order valence-electron chi connectivity index (χ4n) is 8.76. The number of hydrogen-bond donors (Lipinski definition) is 2. The summed E-state index contributed by atoms with van der Waals surface area (Å²) in [5.74, 6) is 1.56. The van der Waals surface area contributed by atoms with Crippen LogP contribution in [0.4, 0.5) is 0 Å². The fourth-order valence-corrected chi connectivity index (χ4v) is 10.0. The van der Waals surface area contributed by atoms with Crippen molar-refractivity contribution in [1.29, 1.82) is 0 Å². The van der Waals surface area contributed by atoms with E-state index in [0.717, 1.165) is 34.1 Å². The molecule has 2 aliphatic heterocycles. The van der Waals surface area contributed by atoms with E-state index in [-0.39, 0.29) is 17.6 Å². The van der Waals surface area contributed by atoms with E-state index in [1.807, 2.05) is 11.3 Å². The molecule has 0 radical (unpaired) electrons. The maximum atomic E-state index is 5.31. The lowest BCUT2D eigenvalue weighted by Crippen LogP contribution is -2.43. The van der Waals surface area contributed by atoms with E-state index in [1.165, 1.54) is 64.0 Å². The first-order valence-electron chi connectivity index (χ1n) is 18.6. The molecule has 11 rings (SSSR count). The zero-order valence-corrected chi connectivity index (χ0v) is 30.8. The highest BCUT2D eigenvalue weighted by molar-refractivity contribution is 7.17. The third kappa shape index (κ3) is 4.82. The van der Waals surface area contributed by atoms with Crippen molar-refractivity contribution in [3.63, 3.8) is 0 Å². The number of fused-ring (bicyclic) bond motifs is 8. The number of benzene rings is 6. The van der Waals surface area contributed by atoms with E-state index in [9.17, 15) is 0 Å². The van der Waals surface area contributed by atoms with Crippen molar-refractivity contribution >= 4 is 55.1 Å². The Hall–Kier alpha value is -6.30. The number of thiophene rings is 1. The van der Waals surface area contributed by atoms with Crippen molar-refractivity contribution in [3.8, 4) is 11.1 Å². The highest BCUT2D eigenvalue weighted by Gasteiger charge is 2.36. The summed E-state index contributed by atoms with van der Waals surface area (Å²) in [6.07, 6.45) is 8.54. The summed E-state index contributed by atoms with van der Waals surface area (Å²) < 4.78 is 2.56. The van der Waals surface area contributed by atoms with Crippen LogP contribution in [0.5, 0.6) is 0 Å². The van der Waals surface area contributed by atoms with Gasteiger partial charge in [0.25, 0.3) is 0 Å². The summed E-state index contributed by atoms with van der Waals surface area (Å²) in [6.45, 7) is 4.65. The van der Waals surface area contributed by atoms with Gasteiger partial charge in [-0.15, -0.1) is 11.3 Å². The van der Waals surface area contributed by atoms with E-state index in [4.69, 9.17) is 9.98 Å². The van der Waals surface area contributed by atoms with Gasteiger partial charge >= 0.3 is 0 Å². The lowest BCUT2D eigenvalue weighted by molar-refractivity contribution is 0.658. The predicted molar refractivity (Wildman–Crippen MR) is 226 cm³/mol. The summed E-state index contributed by atoms with van der Waals surface area (Å²) in [7, 11) is 0. The first kappa shape index (κ1) is 31.2. The molecule has 0 saturated carbocycles. The zero-order valence-electron chi connectivity index (χ0n) is 30.0. The lowest BCUT2D eigenvalue weighted by atomic mass is 9.82. The van der Waals surface area contributed by atoms with Gasteiger partial charge in [0.05, 0.1) is 11.7 Å². The topological polar surface area (TPSA) is 48.8 Å². The van der Waals surface area contributed by atoms with Gasteiger partial charge in [-0.2, -0.15) is 0 Å². The monoisotopic (exact) mass is 712 g/mol. The minimum atomic E-state index is -0.281. The smallest absolute Gasteiger partial charge is 0.159 e. The average molecular weight is 713 g/mol. The molecule has 7 aromatic rings. The number of nitrogens with one attached hydrogen (secondary N) is 2. The number of hydrogen-bond acceptors (Lipinski definition) is 5.